The molecular formula is C14H18BrFN2S. The highest BCUT2D eigenvalue weighted by Gasteiger charge is 2.19. The van der Waals surface area contributed by atoms with Crippen LogP contribution in [0.4, 0.5) is 10.1 Å². The molecule has 0 spiro atoms. The molecule has 0 bridgehead atoms. The average Bonchev–Trinajstić information content (AvgIpc) is 2.36. The van der Waals surface area contributed by atoms with Crippen LogP contribution in [0.25, 0.3) is 0 Å². The molecule has 1 aromatic rings. The molecule has 0 aromatic heterocycles. The Labute approximate surface area is 126 Å². The minimum absolute atomic E-state index is 0.255. The van der Waals surface area contributed by atoms with Crippen molar-refractivity contribution in [2.24, 2.45) is 10.9 Å². The fourth-order valence-corrected chi connectivity index (χ4v) is 3.38. The minimum Gasteiger partial charge on any atom is -0.335 e. The standard InChI is InChI=1S/C14H18BrFN2S/c1-8(2)12-4-5-19-14(17-12)18-13-7-11(16)10(15)6-9(13)3/h6-8,12H,4-5H2,1-3H3,(H,17,18). The maximum absolute atomic E-state index is 13.6. The molecule has 0 radical (unpaired) electrons. The Morgan fingerprint density at radius 1 is 1.47 bits per heavy atom. The van der Waals surface area contributed by atoms with Gasteiger partial charge in [-0.15, -0.1) is 0 Å². The molecular weight excluding hydrogens is 327 g/mol. The van der Waals surface area contributed by atoms with Gasteiger partial charge in [-0.1, -0.05) is 25.6 Å². The number of rotatable bonds is 2. The lowest BCUT2D eigenvalue weighted by molar-refractivity contribution is 0.485. The van der Waals surface area contributed by atoms with Crippen LogP contribution in [-0.2, 0) is 0 Å². The number of hydrogen-bond donors (Lipinski definition) is 1. The Balaban J connectivity index is 2.19. The summed E-state index contributed by atoms with van der Waals surface area (Å²) in [6.07, 6.45) is 1.11. The molecule has 0 fully saturated rings. The fraction of sp³-hybridized carbons (Fsp3) is 0.500. The zero-order valence-electron chi connectivity index (χ0n) is 11.3. The molecule has 1 aromatic carbocycles. The van der Waals surface area contributed by atoms with Crippen molar-refractivity contribution in [3.63, 3.8) is 0 Å². The number of nitrogens with zero attached hydrogens (tertiary/aromatic N) is 1. The van der Waals surface area contributed by atoms with Gasteiger partial charge in [0.2, 0.25) is 0 Å². The first kappa shape index (κ1) is 14.9. The second-order valence-electron chi connectivity index (χ2n) is 5.09. The van der Waals surface area contributed by atoms with Crippen LogP contribution in [0.5, 0.6) is 0 Å². The van der Waals surface area contributed by atoms with Gasteiger partial charge in [-0.05, 0) is 52.9 Å². The molecule has 1 heterocycles. The lowest BCUT2D eigenvalue weighted by atomic mass is 10.0. The summed E-state index contributed by atoms with van der Waals surface area (Å²) in [5.41, 5.74) is 1.79. The summed E-state index contributed by atoms with van der Waals surface area (Å²) in [5, 5.41) is 4.15. The van der Waals surface area contributed by atoms with Gasteiger partial charge < -0.3 is 5.32 Å². The van der Waals surface area contributed by atoms with Crippen LogP contribution in [0, 0.1) is 18.7 Å². The van der Waals surface area contributed by atoms with Gasteiger partial charge in [0, 0.05) is 11.4 Å². The largest absolute Gasteiger partial charge is 0.335 e. The van der Waals surface area contributed by atoms with E-state index in [1.807, 2.05) is 6.92 Å². The third-order valence-corrected chi connectivity index (χ3v) is 4.74. The Bertz CT molecular complexity index is 502. The Morgan fingerprint density at radius 3 is 2.89 bits per heavy atom. The third kappa shape index (κ3) is 3.72. The Kier molecular flexibility index (Phi) is 4.90. The first-order chi connectivity index (χ1) is 8.97. The van der Waals surface area contributed by atoms with Crippen LogP contribution in [-0.4, -0.2) is 17.0 Å². The number of aryl methyl sites for hydroxylation is 1. The molecule has 2 rings (SSSR count). The summed E-state index contributed by atoms with van der Waals surface area (Å²) < 4.78 is 14.1. The Morgan fingerprint density at radius 2 is 2.21 bits per heavy atom. The number of nitrogens with one attached hydrogen (secondary N) is 1. The summed E-state index contributed by atoms with van der Waals surface area (Å²) in [5.74, 6) is 1.35. The normalized spacial score (nSPS) is 19.5. The van der Waals surface area contributed by atoms with Gasteiger partial charge in [-0.3, -0.25) is 4.99 Å². The molecule has 2 nitrogen and oxygen atoms in total. The molecule has 1 aliphatic rings. The van der Waals surface area contributed by atoms with Crippen molar-refractivity contribution in [1.29, 1.82) is 0 Å². The molecule has 104 valence electrons. The van der Waals surface area contributed by atoms with Crippen molar-refractivity contribution in [2.75, 3.05) is 11.1 Å². The quantitative estimate of drug-likeness (QED) is 0.831. The van der Waals surface area contributed by atoms with E-state index in [4.69, 9.17) is 4.99 Å². The lowest BCUT2D eigenvalue weighted by Gasteiger charge is -2.23. The average molecular weight is 345 g/mol. The van der Waals surface area contributed by atoms with Crippen molar-refractivity contribution < 1.29 is 4.39 Å². The molecule has 0 aliphatic carbocycles. The zero-order chi connectivity index (χ0) is 14.0. The molecule has 5 heteroatoms. The molecule has 1 atom stereocenters. The van der Waals surface area contributed by atoms with E-state index in [1.165, 1.54) is 6.07 Å². The third-order valence-electron chi connectivity index (χ3n) is 3.21. The number of halogens is 2. The van der Waals surface area contributed by atoms with Crippen LogP contribution in [0.1, 0.15) is 25.8 Å². The van der Waals surface area contributed by atoms with E-state index >= 15 is 0 Å². The fourth-order valence-electron chi connectivity index (χ4n) is 1.98. The number of aliphatic imine (C=N–C) groups is 1. The minimum atomic E-state index is -0.255. The highest BCUT2D eigenvalue weighted by molar-refractivity contribution is 9.10. The molecule has 1 N–H and O–H groups in total. The predicted molar refractivity (Wildman–Crippen MR) is 85.6 cm³/mol. The molecule has 1 unspecified atom stereocenters. The molecule has 19 heavy (non-hydrogen) atoms. The van der Waals surface area contributed by atoms with Crippen molar-refractivity contribution in [3.05, 3.63) is 28.0 Å². The Hall–Kier alpha value is -0.550. The smallest absolute Gasteiger partial charge is 0.161 e. The summed E-state index contributed by atoms with van der Waals surface area (Å²) in [7, 11) is 0. The number of hydrogen-bond acceptors (Lipinski definition) is 3. The van der Waals surface area contributed by atoms with Crippen LogP contribution in [0.15, 0.2) is 21.6 Å². The van der Waals surface area contributed by atoms with Gasteiger partial charge in [-0.2, -0.15) is 0 Å². The van der Waals surface area contributed by atoms with Gasteiger partial charge in [-0.25, -0.2) is 4.39 Å². The van der Waals surface area contributed by atoms with Crippen LogP contribution in [0.3, 0.4) is 0 Å². The van der Waals surface area contributed by atoms with Gasteiger partial charge in [0.15, 0.2) is 5.17 Å². The summed E-state index contributed by atoms with van der Waals surface area (Å²) in [6, 6.07) is 3.66. The highest BCUT2D eigenvalue weighted by atomic mass is 79.9. The summed E-state index contributed by atoms with van der Waals surface area (Å²) in [4.78, 5) is 4.70. The van der Waals surface area contributed by atoms with Crippen molar-refractivity contribution in [3.8, 4) is 0 Å². The van der Waals surface area contributed by atoms with E-state index in [-0.39, 0.29) is 5.82 Å². The maximum atomic E-state index is 13.6. The van der Waals surface area contributed by atoms with E-state index in [1.54, 1.807) is 17.8 Å². The summed E-state index contributed by atoms with van der Waals surface area (Å²) >= 11 is 4.90. The monoisotopic (exact) mass is 344 g/mol. The predicted octanol–water partition coefficient (Wildman–Crippen LogP) is 4.83. The van der Waals surface area contributed by atoms with Gasteiger partial charge in [0.25, 0.3) is 0 Å². The van der Waals surface area contributed by atoms with Gasteiger partial charge >= 0.3 is 0 Å². The number of amidine groups is 1. The second-order valence-corrected chi connectivity index (χ2v) is 7.03. The first-order valence-electron chi connectivity index (χ1n) is 6.40. The van der Waals surface area contributed by atoms with Crippen LogP contribution < -0.4 is 5.32 Å². The number of thioether (sulfide) groups is 1. The topological polar surface area (TPSA) is 24.4 Å². The summed E-state index contributed by atoms with van der Waals surface area (Å²) in [6.45, 7) is 6.33. The van der Waals surface area contributed by atoms with Gasteiger partial charge in [0.1, 0.15) is 5.82 Å². The van der Waals surface area contributed by atoms with E-state index in [0.29, 0.717) is 16.4 Å². The van der Waals surface area contributed by atoms with Crippen LogP contribution in [0.2, 0.25) is 0 Å². The zero-order valence-corrected chi connectivity index (χ0v) is 13.7. The van der Waals surface area contributed by atoms with Crippen molar-refractivity contribution >= 4 is 38.5 Å². The van der Waals surface area contributed by atoms with E-state index < -0.39 is 0 Å². The van der Waals surface area contributed by atoms with Crippen molar-refractivity contribution in [2.45, 2.75) is 33.2 Å². The lowest BCUT2D eigenvalue weighted by Crippen LogP contribution is -2.24. The second kappa shape index (κ2) is 6.27. The highest BCUT2D eigenvalue weighted by Crippen LogP contribution is 2.27. The van der Waals surface area contributed by atoms with E-state index in [0.717, 1.165) is 28.6 Å². The molecule has 1 aliphatic heterocycles. The molecule has 0 amide bonds. The SMILES string of the molecule is Cc1cc(Br)c(F)cc1NC1=NC(C(C)C)CCS1. The van der Waals surface area contributed by atoms with Gasteiger partial charge in [0.05, 0.1) is 10.5 Å². The number of anilines is 1. The molecule has 0 saturated heterocycles. The number of benzene rings is 1. The van der Waals surface area contributed by atoms with E-state index in [2.05, 4.69) is 35.1 Å². The van der Waals surface area contributed by atoms with Crippen LogP contribution >= 0.6 is 27.7 Å². The van der Waals surface area contributed by atoms with E-state index in [9.17, 15) is 4.39 Å². The van der Waals surface area contributed by atoms with Crippen molar-refractivity contribution in [1.82, 2.24) is 0 Å². The molecule has 0 saturated carbocycles. The maximum Gasteiger partial charge on any atom is 0.161 e. The first-order valence-corrected chi connectivity index (χ1v) is 8.18.